The first-order valence-corrected chi connectivity index (χ1v) is 4.02. The zero-order valence-corrected chi connectivity index (χ0v) is 8.13. The average molecular weight is 170 g/mol. The largest absolute Gasteiger partial charge is 0.342 e. The molecule has 3 heteroatoms. The molecule has 0 atom stereocenters. The highest BCUT2D eigenvalue weighted by Gasteiger charge is 2.27. The molecule has 0 bridgehead atoms. The molecule has 0 fully saturated rings. The van der Waals surface area contributed by atoms with Crippen molar-refractivity contribution >= 4 is 5.91 Å². The van der Waals surface area contributed by atoms with Crippen LogP contribution in [0.15, 0.2) is 12.7 Å². The molecule has 0 aromatic carbocycles. The Bertz CT molecular complexity index is 175. The molecule has 12 heavy (non-hydrogen) atoms. The van der Waals surface area contributed by atoms with E-state index in [1.807, 2.05) is 13.8 Å². The molecule has 0 aliphatic heterocycles. The Labute approximate surface area is 74.2 Å². The Morgan fingerprint density at radius 1 is 1.67 bits per heavy atom. The SMILES string of the molecule is C=CCN(C)C(=O)C(C)(C)CN. The maximum atomic E-state index is 11.6. The molecule has 0 aromatic heterocycles. The van der Waals surface area contributed by atoms with Gasteiger partial charge in [-0.3, -0.25) is 4.79 Å². The molecule has 0 saturated heterocycles. The molecule has 0 aliphatic carbocycles. The maximum Gasteiger partial charge on any atom is 0.229 e. The number of hydrogen-bond acceptors (Lipinski definition) is 2. The number of hydrogen-bond donors (Lipinski definition) is 1. The third kappa shape index (κ3) is 2.66. The van der Waals surface area contributed by atoms with E-state index in [0.29, 0.717) is 13.1 Å². The molecule has 0 spiro atoms. The lowest BCUT2D eigenvalue weighted by Gasteiger charge is -2.27. The van der Waals surface area contributed by atoms with Gasteiger partial charge in [-0.25, -0.2) is 0 Å². The first-order valence-electron chi connectivity index (χ1n) is 4.02. The van der Waals surface area contributed by atoms with Crippen molar-refractivity contribution in [2.24, 2.45) is 11.1 Å². The van der Waals surface area contributed by atoms with Crippen LogP contribution in [0, 0.1) is 5.41 Å². The highest BCUT2D eigenvalue weighted by molar-refractivity contribution is 5.82. The second-order valence-corrected chi connectivity index (χ2v) is 3.56. The summed E-state index contributed by atoms with van der Waals surface area (Å²) in [5.74, 6) is 0.0601. The van der Waals surface area contributed by atoms with Gasteiger partial charge in [0.1, 0.15) is 0 Å². The molecule has 0 radical (unpaired) electrons. The van der Waals surface area contributed by atoms with Gasteiger partial charge < -0.3 is 10.6 Å². The van der Waals surface area contributed by atoms with E-state index in [1.54, 1.807) is 18.0 Å². The van der Waals surface area contributed by atoms with Gasteiger partial charge in [0.05, 0.1) is 5.41 Å². The molecule has 3 nitrogen and oxygen atoms in total. The van der Waals surface area contributed by atoms with Gasteiger partial charge in [-0.2, -0.15) is 0 Å². The average Bonchev–Trinajstić information content (AvgIpc) is 2.03. The molecular weight excluding hydrogens is 152 g/mol. The Morgan fingerprint density at radius 2 is 2.17 bits per heavy atom. The van der Waals surface area contributed by atoms with Gasteiger partial charge in [0.2, 0.25) is 5.91 Å². The summed E-state index contributed by atoms with van der Waals surface area (Å²) in [6.45, 7) is 8.19. The third-order valence-electron chi connectivity index (χ3n) is 1.84. The van der Waals surface area contributed by atoms with Crippen LogP contribution >= 0.6 is 0 Å². The van der Waals surface area contributed by atoms with Crippen molar-refractivity contribution in [3.05, 3.63) is 12.7 Å². The van der Waals surface area contributed by atoms with E-state index < -0.39 is 5.41 Å². The molecule has 1 amide bonds. The van der Waals surface area contributed by atoms with E-state index in [-0.39, 0.29) is 5.91 Å². The van der Waals surface area contributed by atoms with Crippen LogP contribution in [0.4, 0.5) is 0 Å². The smallest absolute Gasteiger partial charge is 0.229 e. The molecule has 0 aliphatic rings. The summed E-state index contributed by atoms with van der Waals surface area (Å²) >= 11 is 0. The van der Waals surface area contributed by atoms with Crippen LogP contribution in [0.3, 0.4) is 0 Å². The van der Waals surface area contributed by atoms with E-state index in [9.17, 15) is 4.79 Å². The van der Waals surface area contributed by atoms with Crippen LogP contribution in [0.1, 0.15) is 13.8 Å². The van der Waals surface area contributed by atoms with Crippen LogP contribution in [0.2, 0.25) is 0 Å². The van der Waals surface area contributed by atoms with Crippen LogP contribution in [0.5, 0.6) is 0 Å². The number of rotatable bonds is 4. The fourth-order valence-electron chi connectivity index (χ4n) is 0.881. The predicted octanol–water partition coefficient (Wildman–Crippen LogP) is 0.616. The number of carbonyl (C=O) groups excluding carboxylic acids is 1. The fraction of sp³-hybridized carbons (Fsp3) is 0.667. The molecular formula is C9H18N2O. The Balaban J connectivity index is 4.27. The van der Waals surface area contributed by atoms with Gasteiger partial charge in [0.25, 0.3) is 0 Å². The van der Waals surface area contributed by atoms with Crippen molar-refractivity contribution in [2.75, 3.05) is 20.1 Å². The molecule has 0 rings (SSSR count). The van der Waals surface area contributed by atoms with Gasteiger partial charge in [0, 0.05) is 20.1 Å². The van der Waals surface area contributed by atoms with E-state index in [4.69, 9.17) is 5.73 Å². The zero-order valence-electron chi connectivity index (χ0n) is 8.13. The lowest BCUT2D eigenvalue weighted by molar-refractivity contribution is -0.137. The summed E-state index contributed by atoms with van der Waals surface area (Å²) in [6, 6.07) is 0. The Kier molecular flexibility index (Phi) is 3.96. The van der Waals surface area contributed by atoms with Crippen LogP contribution in [-0.2, 0) is 4.79 Å². The highest BCUT2D eigenvalue weighted by atomic mass is 16.2. The number of nitrogens with two attached hydrogens (primary N) is 1. The minimum Gasteiger partial charge on any atom is -0.342 e. The Morgan fingerprint density at radius 3 is 2.50 bits per heavy atom. The van der Waals surface area contributed by atoms with Gasteiger partial charge in [0.15, 0.2) is 0 Å². The minimum absolute atomic E-state index is 0.0601. The van der Waals surface area contributed by atoms with Crippen molar-refractivity contribution in [3.63, 3.8) is 0 Å². The summed E-state index contributed by atoms with van der Waals surface area (Å²) in [4.78, 5) is 13.2. The fourth-order valence-corrected chi connectivity index (χ4v) is 0.881. The van der Waals surface area contributed by atoms with E-state index in [2.05, 4.69) is 6.58 Å². The van der Waals surface area contributed by atoms with Crippen molar-refractivity contribution in [3.8, 4) is 0 Å². The van der Waals surface area contributed by atoms with Crippen molar-refractivity contribution in [1.29, 1.82) is 0 Å². The van der Waals surface area contributed by atoms with Gasteiger partial charge in [-0.05, 0) is 13.8 Å². The second-order valence-electron chi connectivity index (χ2n) is 3.56. The van der Waals surface area contributed by atoms with Crippen molar-refractivity contribution in [1.82, 2.24) is 4.90 Å². The lowest BCUT2D eigenvalue weighted by Crippen LogP contribution is -2.42. The van der Waals surface area contributed by atoms with Crippen LogP contribution in [-0.4, -0.2) is 30.9 Å². The third-order valence-corrected chi connectivity index (χ3v) is 1.84. The van der Waals surface area contributed by atoms with Gasteiger partial charge in [-0.1, -0.05) is 6.08 Å². The maximum absolute atomic E-state index is 11.6. The number of nitrogens with zero attached hydrogens (tertiary/aromatic N) is 1. The summed E-state index contributed by atoms with van der Waals surface area (Å²) in [6.07, 6.45) is 1.70. The molecule has 70 valence electrons. The second kappa shape index (κ2) is 4.26. The number of likely N-dealkylation sites (N-methyl/N-ethyl adjacent to an activating group) is 1. The predicted molar refractivity (Wildman–Crippen MR) is 50.7 cm³/mol. The van der Waals surface area contributed by atoms with Crippen molar-refractivity contribution < 1.29 is 4.79 Å². The molecule has 0 heterocycles. The van der Waals surface area contributed by atoms with E-state index in [0.717, 1.165) is 0 Å². The summed E-state index contributed by atoms with van der Waals surface area (Å²) in [7, 11) is 1.75. The molecule has 2 N–H and O–H groups in total. The summed E-state index contributed by atoms with van der Waals surface area (Å²) in [5, 5.41) is 0. The Hall–Kier alpha value is -0.830. The van der Waals surface area contributed by atoms with Gasteiger partial charge in [-0.15, -0.1) is 6.58 Å². The van der Waals surface area contributed by atoms with Crippen molar-refractivity contribution in [2.45, 2.75) is 13.8 Å². The number of amides is 1. The first-order chi connectivity index (χ1) is 5.45. The topological polar surface area (TPSA) is 46.3 Å². The monoisotopic (exact) mass is 170 g/mol. The molecule has 0 aromatic rings. The first kappa shape index (κ1) is 11.2. The minimum atomic E-state index is -0.461. The zero-order chi connectivity index (χ0) is 9.78. The van der Waals surface area contributed by atoms with Crippen LogP contribution < -0.4 is 5.73 Å². The summed E-state index contributed by atoms with van der Waals surface area (Å²) in [5.41, 5.74) is 5.01. The van der Waals surface area contributed by atoms with E-state index in [1.165, 1.54) is 0 Å². The normalized spacial score (nSPS) is 11.0. The number of carbonyl (C=O) groups is 1. The molecule has 0 saturated carbocycles. The molecule has 0 unspecified atom stereocenters. The quantitative estimate of drug-likeness (QED) is 0.628. The summed E-state index contributed by atoms with van der Waals surface area (Å²) < 4.78 is 0. The van der Waals surface area contributed by atoms with Gasteiger partial charge >= 0.3 is 0 Å². The lowest BCUT2D eigenvalue weighted by atomic mass is 9.92. The standard InChI is InChI=1S/C9H18N2O/c1-5-6-11(4)8(12)9(2,3)7-10/h5H,1,6-7,10H2,2-4H3. The van der Waals surface area contributed by atoms with E-state index >= 15 is 0 Å². The highest BCUT2D eigenvalue weighted by Crippen LogP contribution is 2.15. The van der Waals surface area contributed by atoms with Crippen LogP contribution in [0.25, 0.3) is 0 Å².